The molecule has 0 bridgehead atoms. The topological polar surface area (TPSA) is 59.1 Å². The molecular formula is C20H30N2O4. The molecule has 5 aliphatic rings. The van der Waals surface area contributed by atoms with Gasteiger partial charge < -0.3 is 19.3 Å². The maximum Gasteiger partial charge on any atom is 0.229 e. The zero-order chi connectivity index (χ0) is 18.8. The minimum Gasteiger partial charge on any atom is -0.353 e. The molecule has 8 atom stereocenters. The van der Waals surface area contributed by atoms with Crippen LogP contribution in [0.4, 0.5) is 0 Å². The van der Waals surface area contributed by atoms with Crippen molar-refractivity contribution in [3.05, 3.63) is 0 Å². The first-order chi connectivity index (χ1) is 12.1. The third-order valence-electron chi connectivity index (χ3n) is 8.08. The van der Waals surface area contributed by atoms with Crippen LogP contribution >= 0.6 is 0 Å². The summed E-state index contributed by atoms with van der Waals surface area (Å²) in [4.78, 5) is 30.6. The monoisotopic (exact) mass is 362 g/mol. The van der Waals surface area contributed by atoms with Crippen LogP contribution in [-0.4, -0.2) is 58.4 Å². The molecule has 0 radical (unpaired) electrons. The molecule has 0 aromatic rings. The highest BCUT2D eigenvalue weighted by atomic mass is 16.5. The number of amides is 2. The third-order valence-corrected chi connectivity index (χ3v) is 8.08. The van der Waals surface area contributed by atoms with Crippen molar-refractivity contribution >= 4 is 11.8 Å². The maximum absolute atomic E-state index is 13.3. The zero-order valence-electron chi connectivity index (χ0n) is 16.6. The first kappa shape index (κ1) is 17.0. The van der Waals surface area contributed by atoms with Crippen LogP contribution in [0.5, 0.6) is 0 Å². The van der Waals surface area contributed by atoms with Crippen LogP contribution < -0.4 is 0 Å². The van der Waals surface area contributed by atoms with E-state index in [0.717, 1.165) is 0 Å². The van der Waals surface area contributed by atoms with E-state index >= 15 is 0 Å². The van der Waals surface area contributed by atoms with Crippen molar-refractivity contribution < 1.29 is 19.1 Å². The maximum atomic E-state index is 13.3. The second kappa shape index (κ2) is 4.82. The Labute approximate surface area is 155 Å². The van der Waals surface area contributed by atoms with Gasteiger partial charge in [-0.2, -0.15) is 0 Å². The first-order valence-corrected chi connectivity index (χ1v) is 10.1. The molecule has 6 heteroatoms. The van der Waals surface area contributed by atoms with Crippen LogP contribution in [-0.2, 0) is 19.1 Å². The Balaban J connectivity index is 1.55. The van der Waals surface area contributed by atoms with Crippen molar-refractivity contribution in [1.82, 2.24) is 9.80 Å². The fraction of sp³-hybridized carbons (Fsp3) is 0.900. The number of carbonyl (C=O) groups excluding carboxylic acids is 2. The predicted molar refractivity (Wildman–Crippen MR) is 93.6 cm³/mol. The lowest BCUT2D eigenvalue weighted by molar-refractivity contribution is -0.194. The Bertz CT molecular complexity index is 635. The second-order valence-electron chi connectivity index (χ2n) is 9.87. The Morgan fingerprint density at radius 1 is 0.808 bits per heavy atom. The van der Waals surface area contributed by atoms with Gasteiger partial charge in [0, 0.05) is 11.8 Å². The lowest BCUT2D eigenvalue weighted by Gasteiger charge is -2.50. The van der Waals surface area contributed by atoms with E-state index in [4.69, 9.17) is 9.47 Å². The molecule has 144 valence electrons. The molecule has 0 N–H and O–H groups in total. The predicted octanol–water partition coefficient (Wildman–Crippen LogP) is 1.69. The van der Waals surface area contributed by atoms with Gasteiger partial charge in [-0.15, -0.1) is 0 Å². The SMILES string of the molecule is CC(C)[C@H]1CO[C@]2(C)[C@H]3[C@@H](C(=O)N12)[C@@H]1C(=O)N2[C@@H](C(C)C)CO[C@]2(C)[C@@H]13. The summed E-state index contributed by atoms with van der Waals surface area (Å²) in [6.07, 6.45) is 0. The zero-order valence-corrected chi connectivity index (χ0v) is 16.6. The van der Waals surface area contributed by atoms with E-state index in [0.29, 0.717) is 25.0 Å². The molecule has 1 saturated carbocycles. The molecule has 2 amide bonds. The summed E-state index contributed by atoms with van der Waals surface area (Å²) in [6.45, 7) is 13.8. The van der Waals surface area contributed by atoms with Gasteiger partial charge in [0.1, 0.15) is 11.4 Å². The minimum absolute atomic E-state index is 0.0358. The van der Waals surface area contributed by atoms with Gasteiger partial charge in [0.25, 0.3) is 0 Å². The van der Waals surface area contributed by atoms with E-state index in [1.54, 1.807) is 0 Å². The smallest absolute Gasteiger partial charge is 0.229 e. The lowest BCUT2D eigenvalue weighted by Crippen LogP contribution is -2.59. The molecule has 6 nitrogen and oxygen atoms in total. The number of rotatable bonds is 2. The molecule has 0 aromatic heterocycles. The number of ether oxygens (including phenoxy) is 2. The number of fused-ring (bicyclic) bond motifs is 8. The van der Waals surface area contributed by atoms with Gasteiger partial charge in [0.15, 0.2) is 0 Å². The summed E-state index contributed by atoms with van der Waals surface area (Å²) in [6, 6.07) is 0.205. The molecule has 4 aliphatic heterocycles. The van der Waals surface area contributed by atoms with E-state index in [-0.39, 0.29) is 47.6 Å². The number of hydrogen-bond acceptors (Lipinski definition) is 4. The van der Waals surface area contributed by atoms with Crippen LogP contribution in [0.1, 0.15) is 41.5 Å². The molecule has 1 aliphatic carbocycles. The third kappa shape index (κ3) is 1.59. The summed E-state index contributed by atoms with van der Waals surface area (Å²) in [7, 11) is 0. The van der Waals surface area contributed by atoms with Gasteiger partial charge in [0.05, 0.1) is 37.1 Å². The molecule has 26 heavy (non-hydrogen) atoms. The molecule has 0 unspecified atom stereocenters. The van der Waals surface area contributed by atoms with E-state index < -0.39 is 11.4 Å². The average Bonchev–Trinajstić information content (AvgIpc) is 3.12. The number of nitrogens with zero attached hydrogens (tertiary/aromatic N) is 2. The van der Waals surface area contributed by atoms with E-state index in [1.807, 2.05) is 9.80 Å². The fourth-order valence-electron chi connectivity index (χ4n) is 6.73. The van der Waals surface area contributed by atoms with Crippen molar-refractivity contribution in [2.45, 2.75) is 65.1 Å². The van der Waals surface area contributed by atoms with Crippen LogP contribution in [0.15, 0.2) is 0 Å². The standard InChI is InChI=1S/C20H30N2O4/c1-9(2)11-7-25-19(5)15-13(17(23)21(11)19)14-16(15)20(6)22(18(14)24)12(8-26-20)10(3)4/h9-16H,7-8H2,1-6H3/t11-,12-,13+,14+,15+,16+,19-,20-/m1/s1. The van der Waals surface area contributed by atoms with E-state index in [1.165, 1.54) is 0 Å². The highest BCUT2D eigenvalue weighted by Crippen LogP contribution is 2.69. The van der Waals surface area contributed by atoms with Crippen LogP contribution in [0.25, 0.3) is 0 Å². The molecule has 4 saturated heterocycles. The fourth-order valence-corrected chi connectivity index (χ4v) is 6.73. The van der Waals surface area contributed by atoms with Gasteiger partial charge in [-0.1, -0.05) is 27.7 Å². The average molecular weight is 362 g/mol. The molecular weight excluding hydrogens is 332 g/mol. The van der Waals surface area contributed by atoms with E-state index in [2.05, 4.69) is 41.5 Å². The molecule has 4 heterocycles. The van der Waals surface area contributed by atoms with Crippen LogP contribution in [0, 0.1) is 35.5 Å². The highest BCUT2D eigenvalue weighted by Gasteiger charge is 2.82. The highest BCUT2D eigenvalue weighted by molar-refractivity contribution is 5.95. The quantitative estimate of drug-likeness (QED) is 0.750. The minimum atomic E-state index is -0.601. The summed E-state index contributed by atoms with van der Waals surface area (Å²) >= 11 is 0. The molecule has 0 aromatic carbocycles. The molecule has 0 spiro atoms. The normalized spacial score (nSPS) is 51.8. The Morgan fingerprint density at radius 2 is 1.15 bits per heavy atom. The molecule has 5 rings (SSSR count). The van der Waals surface area contributed by atoms with E-state index in [9.17, 15) is 9.59 Å². The van der Waals surface area contributed by atoms with Crippen molar-refractivity contribution in [2.75, 3.05) is 13.2 Å². The van der Waals surface area contributed by atoms with Gasteiger partial charge in [0.2, 0.25) is 11.8 Å². The first-order valence-electron chi connectivity index (χ1n) is 10.1. The van der Waals surface area contributed by atoms with Crippen LogP contribution in [0.3, 0.4) is 0 Å². The van der Waals surface area contributed by atoms with Gasteiger partial charge in [-0.25, -0.2) is 0 Å². The number of carbonyl (C=O) groups is 2. The van der Waals surface area contributed by atoms with Crippen molar-refractivity contribution in [3.8, 4) is 0 Å². The second-order valence-corrected chi connectivity index (χ2v) is 9.87. The van der Waals surface area contributed by atoms with Gasteiger partial charge >= 0.3 is 0 Å². The van der Waals surface area contributed by atoms with Gasteiger partial charge in [-0.3, -0.25) is 9.59 Å². The Kier molecular flexibility index (Phi) is 3.15. The van der Waals surface area contributed by atoms with Crippen molar-refractivity contribution in [1.29, 1.82) is 0 Å². The van der Waals surface area contributed by atoms with Crippen molar-refractivity contribution in [2.24, 2.45) is 35.5 Å². The summed E-state index contributed by atoms with van der Waals surface area (Å²) in [5.74, 6) is 0.518. The van der Waals surface area contributed by atoms with Gasteiger partial charge in [-0.05, 0) is 25.7 Å². The largest absolute Gasteiger partial charge is 0.353 e. The summed E-state index contributed by atoms with van der Waals surface area (Å²) in [5, 5.41) is 0. The molecule has 5 fully saturated rings. The number of hydrogen-bond donors (Lipinski definition) is 0. The summed E-state index contributed by atoms with van der Waals surface area (Å²) < 4.78 is 12.5. The lowest BCUT2D eigenvalue weighted by atomic mass is 9.54. The van der Waals surface area contributed by atoms with Crippen LogP contribution in [0.2, 0.25) is 0 Å². The summed E-state index contributed by atoms with van der Waals surface area (Å²) in [5.41, 5.74) is -1.20. The Hall–Kier alpha value is -1.14. The Morgan fingerprint density at radius 3 is 1.46 bits per heavy atom. The van der Waals surface area contributed by atoms with Crippen molar-refractivity contribution in [3.63, 3.8) is 0 Å².